The summed E-state index contributed by atoms with van der Waals surface area (Å²) in [5, 5.41) is 5.14. The van der Waals surface area contributed by atoms with Crippen LogP contribution in [-0.4, -0.2) is 44.4 Å². The molecule has 0 fully saturated rings. The Kier molecular flexibility index (Phi) is 7.50. The third kappa shape index (κ3) is 5.50. The Morgan fingerprint density at radius 2 is 1.62 bits per heavy atom. The number of methoxy groups -OCH3 is 1. The van der Waals surface area contributed by atoms with Crippen LogP contribution in [0.3, 0.4) is 0 Å². The Morgan fingerprint density at radius 1 is 0.962 bits per heavy atom. The van der Waals surface area contributed by atoms with Gasteiger partial charge >= 0.3 is 0 Å². The SMILES string of the molecule is COCCNC(=O)CNC(=O)c1ccccc1C(=O)c1ccc(Br)cc1. The lowest BCUT2D eigenvalue weighted by atomic mass is 9.98. The number of ether oxygens (including phenoxy) is 1. The molecule has 0 radical (unpaired) electrons. The van der Waals surface area contributed by atoms with Gasteiger partial charge in [0.1, 0.15) is 0 Å². The van der Waals surface area contributed by atoms with E-state index in [-0.39, 0.29) is 29.4 Å². The molecule has 0 unspecified atom stereocenters. The lowest BCUT2D eigenvalue weighted by molar-refractivity contribution is -0.120. The van der Waals surface area contributed by atoms with Gasteiger partial charge in [0.25, 0.3) is 5.91 Å². The van der Waals surface area contributed by atoms with Gasteiger partial charge in [0.2, 0.25) is 5.91 Å². The second kappa shape index (κ2) is 9.84. The molecule has 0 heterocycles. The fourth-order valence-corrected chi connectivity index (χ4v) is 2.51. The Hall–Kier alpha value is -2.51. The average Bonchev–Trinajstić information content (AvgIpc) is 2.66. The van der Waals surface area contributed by atoms with Crippen LogP contribution in [0.5, 0.6) is 0 Å². The molecular weight excluding hydrogens is 400 g/mol. The van der Waals surface area contributed by atoms with Crippen molar-refractivity contribution >= 4 is 33.5 Å². The van der Waals surface area contributed by atoms with Crippen LogP contribution in [0.25, 0.3) is 0 Å². The minimum atomic E-state index is -0.479. The van der Waals surface area contributed by atoms with E-state index in [4.69, 9.17) is 4.74 Å². The van der Waals surface area contributed by atoms with E-state index in [1.807, 2.05) is 0 Å². The van der Waals surface area contributed by atoms with Gasteiger partial charge in [-0.3, -0.25) is 14.4 Å². The van der Waals surface area contributed by atoms with Crippen molar-refractivity contribution in [3.05, 3.63) is 69.7 Å². The van der Waals surface area contributed by atoms with Crippen molar-refractivity contribution in [2.24, 2.45) is 0 Å². The molecule has 0 aliphatic rings. The monoisotopic (exact) mass is 418 g/mol. The Balaban J connectivity index is 2.08. The quantitative estimate of drug-likeness (QED) is 0.508. The number of ketones is 1. The van der Waals surface area contributed by atoms with Crippen molar-refractivity contribution in [1.82, 2.24) is 10.6 Å². The molecule has 2 N–H and O–H groups in total. The lowest BCUT2D eigenvalue weighted by Gasteiger charge is -2.10. The molecule has 0 aromatic heterocycles. The number of halogens is 1. The highest BCUT2D eigenvalue weighted by atomic mass is 79.9. The summed E-state index contributed by atoms with van der Waals surface area (Å²) in [7, 11) is 1.54. The highest BCUT2D eigenvalue weighted by Crippen LogP contribution is 2.17. The van der Waals surface area contributed by atoms with Crippen molar-refractivity contribution in [3.8, 4) is 0 Å². The highest BCUT2D eigenvalue weighted by Gasteiger charge is 2.18. The molecule has 136 valence electrons. The molecule has 0 bridgehead atoms. The third-order valence-electron chi connectivity index (χ3n) is 3.56. The summed E-state index contributed by atoms with van der Waals surface area (Å²) >= 11 is 3.32. The second-order valence-electron chi connectivity index (χ2n) is 5.41. The predicted molar refractivity (Wildman–Crippen MR) is 101 cm³/mol. The summed E-state index contributed by atoms with van der Waals surface area (Å²) in [6.07, 6.45) is 0. The van der Waals surface area contributed by atoms with Gasteiger partial charge in [0.15, 0.2) is 5.78 Å². The van der Waals surface area contributed by atoms with Gasteiger partial charge in [-0.05, 0) is 30.3 Å². The summed E-state index contributed by atoms with van der Waals surface area (Å²) in [6.45, 7) is 0.581. The van der Waals surface area contributed by atoms with Crippen LogP contribution in [0.4, 0.5) is 0 Å². The van der Waals surface area contributed by atoms with Gasteiger partial charge in [0.05, 0.1) is 18.7 Å². The standard InChI is InChI=1S/C19H19BrN2O4/c1-26-11-10-21-17(23)12-22-19(25)16-5-3-2-4-15(16)18(24)13-6-8-14(20)9-7-13/h2-9H,10-12H2,1H3,(H,21,23)(H,22,25). The van der Waals surface area contributed by atoms with Crippen molar-refractivity contribution < 1.29 is 19.1 Å². The minimum absolute atomic E-state index is 0.177. The van der Waals surface area contributed by atoms with Gasteiger partial charge < -0.3 is 15.4 Å². The molecule has 0 spiro atoms. The number of hydrogen-bond acceptors (Lipinski definition) is 4. The Labute approximate surface area is 160 Å². The molecule has 6 nitrogen and oxygen atoms in total. The zero-order valence-electron chi connectivity index (χ0n) is 14.3. The molecule has 0 aliphatic heterocycles. The smallest absolute Gasteiger partial charge is 0.252 e. The van der Waals surface area contributed by atoms with E-state index in [9.17, 15) is 14.4 Å². The summed E-state index contributed by atoms with van der Waals surface area (Å²) in [6, 6.07) is 13.4. The number of amides is 2. The Bertz CT molecular complexity index is 790. The maximum absolute atomic E-state index is 12.7. The van der Waals surface area contributed by atoms with Gasteiger partial charge in [-0.25, -0.2) is 0 Å². The van der Waals surface area contributed by atoms with Gasteiger partial charge in [-0.1, -0.05) is 34.1 Å². The van der Waals surface area contributed by atoms with Crippen molar-refractivity contribution in [2.75, 3.05) is 26.8 Å². The lowest BCUT2D eigenvalue weighted by Crippen LogP contribution is -2.38. The molecule has 2 aromatic rings. The summed E-state index contributed by atoms with van der Waals surface area (Å²) in [4.78, 5) is 36.8. The maximum atomic E-state index is 12.7. The predicted octanol–water partition coefficient (Wildman–Crippen LogP) is 2.17. The van der Waals surface area contributed by atoms with Gasteiger partial charge in [0, 0.05) is 29.3 Å². The number of carbonyl (C=O) groups is 3. The summed E-state index contributed by atoms with van der Waals surface area (Å²) < 4.78 is 5.70. The van der Waals surface area contributed by atoms with Gasteiger partial charge in [-0.2, -0.15) is 0 Å². The maximum Gasteiger partial charge on any atom is 0.252 e. The number of hydrogen-bond donors (Lipinski definition) is 2. The van der Waals surface area contributed by atoms with E-state index in [1.54, 1.807) is 48.5 Å². The number of nitrogens with one attached hydrogen (secondary N) is 2. The normalized spacial score (nSPS) is 10.2. The molecule has 0 saturated carbocycles. The van der Waals surface area contributed by atoms with Crippen LogP contribution in [0.1, 0.15) is 26.3 Å². The van der Waals surface area contributed by atoms with E-state index in [0.29, 0.717) is 18.7 Å². The van der Waals surface area contributed by atoms with Crippen molar-refractivity contribution in [2.45, 2.75) is 0 Å². The molecule has 0 aliphatic carbocycles. The molecule has 2 amide bonds. The van der Waals surface area contributed by atoms with Crippen LogP contribution < -0.4 is 10.6 Å². The fraction of sp³-hybridized carbons (Fsp3) is 0.211. The zero-order valence-corrected chi connectivity index (χ0v) is 15.8. The second-order valence-corrected chi connectivity index (χ2v) is 6.32. The first-order chi connectivity index (χ1) is 12.5. The van der Waals surface area contributed by atoms with E-state index < -0.39 is 5.91 Å². The largest absolute Gasteiger partial charge is 0.383 e. The topological polar surface area (TPSA) is 84.5 Å². The van der Waals surface area contributed by atoms with Crippen LogP contribution >= 0.6 is 15.9 Å². The molecule has 0 saturated heterocycles. The minimum Gasteiger partial charge on any atom is -0.383 e. The third-order valence-corrected chi connectivity index (χ3v) is 4.09. The summed E-state index contributed by atoms with van der Waals surface area (Å²) in [5.41, 5.74) is 0.989. The molecular formula is C19H19BrN2O4. The van der Waals surface area contributed by atoms with Crippen molar-refractivity contribution in [3.63, 3.8) is 0 Å². The number of benzene rings is 2. The molecule has 2 aromatic carbocycles. The molecule has 2 rings (SSSR count). The first-order valence-electron chi connectivity index (χ1n) is 7.96. The van der Waals surface area contributed by atoms with Crippen LogP contribution in [-0.2, 0) is 9.53 Å². The van der Waals surface area contributed by atoms with E-state index in [1.165, 1.54) is 7.11 Å². The van der Waals surface area contributed by atoms with Crippen LogP contribution in [0.15, 0.2) is 53.0 Å². The number of rotatable bonds is 8. The first kappa shape index (κ1) is 19.8. The fourth-order valence-electron chi connectivity index (χ4n) is 2.25. The molecule has 7 heteroatoms. The molecule has 0 atom stereocenters. The zero-order chi connectivity index (χ0) is 18.9. The van der Waals surface area contributed by atoms with E-state index in [0.717, 1.165) is 4.47 Å². The van der Waals surface area contributed by atoms with Gasteiger partial charge in [-0.15, -0.1) is 0 Å². The van der Waals surface area contributed by atoms with Crippen LogP contribution in [0.2, 0.25) is 0 Å². The molecule has 26 heavy (non-hydrogen) atoms. The van der Waals surface area contributed by atoms with E-state index >= 15 is 0 Å². The van der Waals surface area contributed by atoms with Crippen LogP contribution in [0, 0.1) is 0 Å². The first-order valence-corrected chi connectivity index (χ1v) is 8.75. The number of carbonyl (C=O) groups excluding carboxylic acids is 3. The summed E-state index contributed by atoms with van der Waals surface area (Å²) in [5.74, 6) is -1.06. The average molecular weight is 419 g/mol. The highest BCUT2D eigenvalue weighted by molar-refractivity contribution is 9.10. The Morgan fingerprint density at radius 3 is 2.27 bits per heavy atom. The van der Waals surface area contributed by atoms with Crippen molar-refractivity contribution in [1.29, 1.82) is 0 Å². The van der Waals surface area contributed by atoms with E-state index in [2.05, 4.69) is 26.6 Å².